The Bertz CT molecular complexity index is 179. The summed E-state index contributed by atoms with van der Waals surface area (Å²) in [6.45, 7) is 6.34. The second kappa shape index (κ2) is 5.40. The van der Waals surface area contributed by atoms with Crippen LogP contribution < -0.4 is 11.1 Å². The fraction of sp³-hybridized carbons (Fsp3) is 0.625. The predicted molar refractivity (Wildman–Crippen MR) is 62.8 cm³/mol. The van der Waals surface area contributed by atoms with Crippen molar-refractivity contribution in [3.63, 3.8) is 0 Å². The molecule has 0 amide bonds. The normalized spacial score (nSPS) is 27.2. The zero-order chi connectivity index (χ0) is 8.27. The van der Waals surface area contributed by atoms with Crippen molar-refractivity contribution in [3.05, 3.63) is 12.7 Å². The van der Waals surface area contributed by atoms with E-state index in [0.717, 1.165) is 5.92 Å². The van der Waals surface area contributed by atoms with Crippen molar-refractivity contribution in [2.45, 2.75) is 19.4 Å². The van der Waals surface area contributed by atoms with E-state index in [1.165, 1.54) is 6.42 Å². The molecule has 0 radical (unpaired) electrons. The van der Waals surface area contributed by atoms with E-state index in [2.05, 4.69) is 23.8 Å². The molecule has 12 heavy (non-hydrogen) atoms. The van der Waals surface area contributed by atoms with Gasteiger partial charge in [0.25, 0.3) is 0 Å². The molecule has 3 N–H and O–H groups in total. The van der Waals surface area contributed by atoms with Crippen molar-refractivity contribution in [3.8, 4) is 0 Å². The maximum atomic E-state index is 5.55. The van der Waals surface area contributed by atoms with E-state index in [1.807, 2.05) is 0 Å². The summed E-state index contributed by atoms with van der Waals surface area (Å²) in [6, 6.07) is 0.559. The molecule has 1 aliphatic rings. The molecule has 3 nitrogen and oxygen atoms in total. The third kappa shape index (κ3) is 3.94. The van der Waals surface area contributed by atoms with Crippen molar-refractivity contribution >= 4 is 29.9 Å². The minimum Gasteiger partial charge on any atom is -0.370 e. The van der Waals surface area contributed by atoms with Gasteiger partial charge in [-0.1, -0.05) is 13.0 Å². The van der Waals surface area contributed by atoms with E-state index >= 15 is 0 Å². The fourth-order valence-electron chi connectivity index (χ4n) is 0.922. The molecule has 4 heteroatoms. The Morgan fingerprint density at radius 3 is 2.83 bits per heavy atom. The molecule has 1 rings (SSSR count). The van der Waals surface area contributed by atoms with E-state index in [-0.39, 0.29) is 24.0 Å². The standard InChI is InChI=1S/C8H15N3.HI/c1-3-4-10-8(9)11-7-5-6(7)2;/h3,6-7H,1,4-5H2,2H3,(H3,9,10,11);1H. The first-order chi connectivity index (χ1) is 5.24. The van der Waals surface area contributed by atoms with Crippen LogP contribution in [0.1, 0.15) is 13.3 Å². The highest BCUT2D eigenvalue weighted by molar-refractivity contribution is 14.0. The third-order valence-corrected chi connectivity index (χ3v) is 1.83. The molecule has 0 spiro atoms. The van der Waals surface area contributed by atoms with Gasteiger partial charge in [0.05, 0.1) is 6.54 Å². The van der Waals surface area contributed by atoms with Gasteiger partial charge < -0.3 is 11.1 Å². The molecule has 2 atom stereocenters. The van der Waals surface area contributed by atoms with Crippen molar-refractivity contribution in [2.75, 3.05) is 6.54 Å². The van der Waals surface area contributed by atoms with Crippen LogP contribution in [-0.2, 0) is 0 Å². The van der Waals surface area contributed by atoms with Crippen LogP contribution in [0, 0.1) is 5.92 Å². The van der Waals surface area contributed by atoms with Crippen LogP contribution in [0.15, 0.2) is 17.6 Å². The number of nitrogens with one attached hydrogen (secondary N) is 1. The lowest BCUT2D eigenvalue weighted by molar-refractivity contribution is 0.804. The number of nitrogens with two attached hydrogens (primary N) is 1. The summed E-state index contributed by atoms with van der Waals surface area (Å²) in [4.78, 5) is 4.02. The molecule has 0 saturated heterocycles. The van der Waals surface area contributed by atoms with Crippen LogP contribution in [-0.4, -0.2) is 18.5 Å². The van der Waals surface area contributed by atoms with Crippen LogP contribution >= 0.6 is 24.0 Å². The van der Waals surface area contributed by atoms with Crippen molar-refractivity contribution in [2.24, 2.45) is 16.6 Å². The summed E-state index contributed by atoms with van der Waals surface area (Å²) < 4.78 is 0. The number of nitrogens with zero attached hydrogens (tertiary/aromatic N) is 1. The van der Waals surface area contributed by atoms with E-state index in [9.17, 15) is 0 Å². The molecule has 0 aromatic rings. The predicted octanol–water partition coefficient (Wildman–Crippen LogP) is 1.10. The largest absolute Gasteiger partial charge is 0.370 e. The summed E-state index contributed by atoms with van der Waals surface area (Å²) >= 11 is 0. The molecule has 2 unspecified atom stereocenters. The van der Waals surface area contributed by atoms with E-state index < -0.39 is 0 Å². The summed E-state index contributed by atoms with van der Waals surface area (Å²) in [5, 5.41) is 3.12. The lowest BCUT2D eigenvalue weighted by atomic mass is 10.5. The Kier molecular flexibility index (Phi) is 5.28. The number of hydrogen-bond donors (Lipinski definition) is 2. The Hall–Kier alpha value is -0.260. The zero-order valence-electron chi connectivity index (χ0n) is 7.29. The van der Waals surface area contributed by atoms with Crippen LogP contribution in [0.25, 0.3) is 0 Å². The molecule has 0 heterocycles. The van der Waals surface area contributed by atoms with Crippen LogP contribution in [0.5, 0.6) is 0 Å². The minimum absolute atomic E-state index is 0. The van der Waals surface area contributed by atoms with Gasteiger partial charge in [0.15, 0.2) is 5.96 Å². The lowest BCUT2D eigenvalue weighted by Gasteiger charge is -2.01. The number of guanidine groups is 1. The SMILES string of the molecule is C=CCN=C(N)NC1CC1C.I. The molecule has 0 aromatic carbocycles. The van der Waals surface area contributed by atoms with Gasteiger partial charge in [0, 0.05) is 6.04 Å². The average Bonchev–Trinajstić information content (AvgIpc) is 2.62. The summed E-state index contributed by atoms with van der Waals surface area (Å²) in [7, 11) is 0. The maximum absolute atomic E-state index is 5.55. The maximum Gasteiger partial charge on any atom is 0.189 e. The molecule has 0 bridgehead atoms. The zero-order valence-corrected chi connectivity index (χ0v) is 9.62. The minimum atomic E-state index is 0. The molecule has 0 aromatic heterocycles. The molecule has 1 aliphatic carbocycles. The number of aliphatic imine (C=N–C) groups is 1. The van der Waals surface area contributed by atoms with Gasteiger partial charge in [-0.15, -0.1) is 30.6 Å². The van der Waals surface area contributed by atoms with E-state index in [1.54, 1.807) is 6.08 Å². The second-order valence-electron chi connectivity index (χ2n) is 2.98. The Morgan fingerprint density at radius 2 is 2.42 bits per heavy atom. The first-order valence-corrected chi connectivity index (χ1v) is 3.91. The van der Waals surface area contributed by atoms with Crippen molar-refractivity contribution in [1.29, 1.82) is 0 Å². The Balaban J connectivity index is 0.00000121. The lowest BCUT2D eigenvalue weighted by Crippen LogP contribution is -2.34. The van der Waals surface area contributed by atoms with Gasteiger partial charge in [-0.05, 0) is 12.3 Å². The van der Waals surface area contributed by atoms with Gasteiger partial charge in [-0.25, -0.2) is 4.99 Å². The molecule has 70 valence electrons. The smallest absolute Gasteiger partial charge is 0.189 e. The topological polar surface area (TPSA) is 50.4 Å². The highest BCUT2D eigenvalue weighted by Gasteiger charge is 2.32. The van der Waals surface area contributed by atoms with Gasteiger partial charge in [0.2, 0.25) is 0 Å². The molecule has 1 fully saturated rings. The van der Waals surface area contributed by atoms with Crippen molar-refractivity contribution < 1.29 is 0 Å². The van der Waals surface area contributed by atoms with Crippen LogP contribution in [0.3, 0.4) is 0 Å². The number of rotatable bonds is 3. The summed E-state index contributed by atoms with van der Waals surface area (Å²) in [6.07, 6.45) is 2.94. The first kappa shape index (κ1) is 11.7. The first-order valence-electron chi connectivity index (χ1n) is 3.91. The monoisotopic (exact) mass is 281 g/mol. The average molecular weight is 281 g/mol. The summed E-state index contributed by atoms with van der Waals surface area (Å²) in [5.74, 6) is 1.30. The second-order valence-corrected chi connectivity index (χ2v) is 2.98. The Labute approximate surface area is 90.5 Å². The van der Waals surface area contributed by atoms with Crippen LogP contribution in [0.2, 0.25) is 0 Å². The van der Waals surface area contributed by atoms with Crippen LogP contribution in [0.4, 0.5) is 0 Å². The molecule has 1 saturated carbocycles. The molecule has 0 aliphatic heterocycles. The van der Waals surface area contributed by atoms with Crippen molar-refractivity contribution in [1.82, 2.24) is 5.32 Å². The summed E-state index contributed by atoms with van der Waals surface area (Å²) in [5.41, 5.74) is 5.55. The molecular formula is C8H16IN3. The number of halogens is 1. The number of hydrogen-bond acceptors (Lipinski definition) is 1. The highest BCUT2D eigenvalue weighted by atomic mass is 127. The highest BCUT2D eigenvalue weighted by Crippen LogP contribution is 2.28. The van der Waals surface area contributed by atoms with E-state index in [4.69, 9.17) is 5.73 Å². The van der Waals surface area contributed by atoms with Gasteiger partial charge in [0.1, 0.15) is 0 Å². The Morgan fingerprint density at radius 1 is 1.83 bits per heavy atom. The van der Waals surface area contributed by atoms with Gasteiger partial charge in [-0.3, -0.25) is 0 Å². The fourth-order valence-corrected chi connectivity index (χ4v) is 0.922. The third-order valence-electron chi connectivity index (χ3n) is 1.83. The molecular weight excluding hydrogens is 265 g/mol. The van der Waals surface area contributed by atoms with Gasteiger partial charge in [-0.2, -0.15) is 0 Å². The quantitative estimate of drug-likeness (QED) is 0.352. The van der Waals surface area contributed by atoms with E-state index in [0.29, 0.717) is 18.5 Å². The van der Waals surface area contributed by atoms with Gasteiger partial charge >= 0.3 is 0 Å².